The molecule has 0 aliphatic heterocycles. The van der Waals surface area contributed by atoms with Crippen molar-refractivity contribution in [3.05, 3.63) is 0 Å². The fraction of sp³-hybridized carbons (Fsp3) is 0.818. The Balaban J connectivity index is 2.05. The van der Waals surface area contributed by atoms with Gasteiger partial charge in [-0.25, -0.2) is 4.79 Å². The Kier molecular flexibility index (Phi) is 5.08. The summed E-state index contributed by atoms with van der Waals surface area (Å²) in [5.41, 5.74) is 0. The van der Waals surface area contributed by atoms with Crippen LogP contribution in [0, 0.1) is 5.92 Å². The maximum Gasteiger partial charge on any atom is 0.315 e. The molecule has 2 amide bonds. The van der Waals surface area contributed by atoms with Crippen molar-refractivity contribution < 1.29 is 14.7 Å². The Hall–Kier alpha value is -1.26. The Labute approximate surface area is 95.6 Å². The first-order chi connectivity index (χ1) is 7.58. The molecule has 1 aliphatic carbocycles. The van der Waals surface area contributed by atoms with Crippen molar-refractivity contribution >= 4 is 12.0 Å². The molecule has 0 radical (unpaired) electrons. The van der Waals surface area contributed by atoms with Crippen LogP contribution in [0.4, 0.5) is 4.79 Å². The second kappa shape index (κ2) is 6.35. The molecule has 5 heteroatoms. The van der Waals surface area contributed by atoms with Crippen LogP contribution in [0.2, 0.25) is 0 Å². The predicted octanol–water partition coefficient (Wildman–Crippen LogP) is 1.34. The van der Waals surface area contributed by atoms with E-state index in [4.69, 9.17) is 5.11 Å². The lowest BCUT2D eigenvalue weighted by atomic mass is 10.1. The molecular weight excluding hydrogens is 208 g/mol. The number of aliphatic carboxylic acids is 1. The highest BCUT2D eigenvalue weighted by atomic mass is 16.4. The van der Waals surface area contributed by atoms with Gasteiger partial charge in [-0.3, -0.25) is 4.79 Å². The van der Waals surface area contributed by atoms with Gasteiger partial charge in [0.15, 0.2) is 0 Å². The zero-order chi connectivity index (χ0) is 12.0. The van der Waals surface area contributed by atoms with E-state index >= 15 is 0 Å². The summed E-state index contributed by atoms with van der Waals surface area (Å²) in [7, 11) is 0. The summed E-state index contributed by atoms with van der Waals surface area (Å²) in [5.74, 6) is -0.135. The molecule has 2 unspecified atom stereocenters. The minimum absolute atomic E-state index is 0.0980. The van der Waals surface area contributed by atoms with E-state index in [0.717, 1.165) is 12.8 Å². The highest BCUT2D eigenvalue weighted by molar-refractivity contribution is 5.74. The lowest BCUT2D eigenvalue weighted by Crippen LogP contribution is -2.41. The molecular formula is C11H20N2O3. The number of carbonyl (C=O) groups excluding carboxylic acids is 1. The number of rotatable bonds is 5. The SMILES string of the molecule is CC1CCC(NC(=O)NCCCC(=O)O)C1. The van der Waals surface area contributed by atoms with Crippen molar-refractivity contribution in [2.45, 2.75) is 45.1 Å². The topological polar surface area (TPSA) is 78.4 Å². The van der Waals surface area contributed by atoms with Crippen LogP contribution < -0.4 is 10.6 Å². The van der Waals surface area contributed by atoms with Gasteiger partial charge >= 0.3 is 12.0 Å². The van der Waals surface area contributed by atoms with E-state index < -0.39 is 5.97 Å². The first-order valence-corrected chi connectivity index (χ1v) is 5.84. The molecule has 0 heterocycles. The lowest BCUT2D eigenvalue weighted by molar-refractivity contribution is -0.137. The molecule has 0 aromatic carbocycles. The summed E-state index contributed by atoms with van der Waals surface area (Å²) in [4.78, 5) is 21.6. The third kappa shape index (κ3) is 5.00. The maximum atomic E-state index is 11.4. The normalized spacial score (nSPS) is 24.1. The highest BCUT2D eigenvalue weighted by Crippen LogP contribution is 2.24. The van der Waals surface area contributed by atoms with Crippen LogP contribution in [0.1, 0.15) is 39.0 Å². The van der Waals surface area contributed by atoms with Crippen molar-refractivity contribution in [2.24, 2.45) is 5.92 Å². The van der Waals surface area contributed by atoms with Gasteiger partial charge in [-0.2, -0.15) is 0 Å². The van der Waals surface area contributed by atoms with Gasteiger partial charge in [-0.15, -0.1) is 0 Å². The third-order valence-electron chi connectivity index (χ3n) is 2.88. The molecule has 0 aromatic rings. The van der Waals surface area contributed by atoms with Gasteiger partial charge in [0.1, 0.15) is 0 Å². The molecule has 1 fully saturated rings. The summed E-state index contributed by atoms with van der Waals surface area (Å²) < 4.78 is 0. The summed E-state index contributed by atoms with van der Waals surface area (Å²) in [6, 6.07) is 0.110. The first-order valence-electron chi connectivity index (χ1n) is 5.84. The molecule has 0 bridgehead atoms. The monoisotopic (exact) mass is 228 g/mol. The number of amides is 2. The molecule has 2 atom stereocenters. The Bertz CT molecular complexity index is 256. The van der Waals surface area contributed by atoms with Gasteiger partial charge < -0.3 is 15.7 Å². The number of hydrogen-bond acceptors (Lipinski definition) is 2. The zero-order valence-electron chi connectivity index (χ0n) is 9.66. The van der Waals surface area contributed by atoms with Crippen molar-refractivity contribution in [3.63, 3.8) is 0 Å². The highest BCUT2D eigenvalue weighted by Gasteiger charge is 2.22. The molecule has 0 saturated heterocycles. The minimum Gasteiger partial charge on any atom is -0.481 e. The number of carboxylic acid groups (broad SMARTS) is 1. The average molecular weight is 228 g/mol. The van der Waals surface area contributed by atoms with Gasteiger partial charge in [-0.05, 0) is 31.6 Å². The Morgan fingerprint density at radius 1 is 1.38 bits per heavy atom. The second-order valence-corrected chi connectivity index (χ2v) is 4.51. The Morgan fingerprint density at radius 3 is 2.69 bits per heavy atom. The van der Waals surface area contributed by atoms with Crippen LogP contribution in [0.3, 0.4) is 0 Å². The standard InChI is InChI=1S/C11H20N2O3/c1-8-4-5-9(7-8)13-11(16)12-6-2-3-10(14)15/h8-9H,2-7H2,1H3,(H,14,15)(H2,12,13,16). The second-order valence-electron chi connectivity index (χ2n) is 4.51. The largest absolute Gasteiger partial charge is 0.481 e. The third-order valence-corrected chi connectivity index (χ3v) is 2.88. The average Bonchev–Trinajstić information content (AvgIpc) is 2.58. The molecule has 5 nitrogen and oxygen atoms in total. The van der Waals surface area contributed by atoms with E-state index in [-0.39, 0.29) is 18.5 Å². The number of carbonyl (C=O) groups is 2. The molecule has 1 rings (SSSR count). The molecule has 92 valence electrons. The quantitative estimate of drug-likeness (QED) is 0.621. The Morgan fingerprint density at radius 2 is 2.12 bits per heavy atom. The van der Waals surface area contributed by atoms with E-state index in [2.05, 4.69) is 17.6 Å². The van der Waals surface area contributed by atoms with E-state index in [9.17, 15) is 9.59 Å². The van der Waals surface area contributed by atoms with Crippen molar-refractivity contribution in [2.75, 3.05) is 6.54 Å². The molecule has 1 saturated carbocycles. The van der Waals surface area contributed by atoms with Gasteiger partial charge in [0.25, 0.3) is 0 Å². The lowest BCUT2D eigenvalue weighted by Gasteiger charge is -2.13. The number of hydrogen-bond donors (Lipinski definition) is 3. The predicted molar refractivity (Wildman–Crippen MR) is 60.2 cm³/mol. The van der Waals surface area contributed by atoms with E-state index in [1.54, 1.807) is 0 Å². The van der Waals surface area contributed by atoms with Gasteiger partial charge in [0.2, 0.25) is 0 Å². The number of urea groups is 1. The zero-order valence-corrected chi connectivity index (χ0v) is 9.66. The maximum absolute atomic E-state index is 11.4. The summed E-state index contributed by atoms with van der Waals surface area (Å²) >= 11 is 0. The van der Waals surface area contributed by atoms with Crippen molar-refractivity contribution in [1.82, 2.24) is 10.6 Å². The van der Waals surface area contributed by atoms with Crippen LogP contribution in [0.15, 0.2) is 0 Å². The van der Waals surface area contributed by atoms with Gasteiger partial charge in [0, 0.05) is 19.0 Å². The smallest absolute Gasteiger partial charge is 0.315 e. The number of nitrogens with one attached hydrogen (secondary N) is 2. The van der Waals surface area contributed by atoms with E-state index in [0.29, 0.717) is 18.9 Å². The van der Waals surface area contributed by atoms with E-state index in [1.165, 1.54) is 6.42 Å². The molecule has 0 spiro atoms. The van der Waals surface area contributed by atoms with Crippen LogP contribution in [0.25, 0.3) is 0 Å². The molecule has 16 heavy (non-hydrogen) atoms. The van der Waals surface area contributed by atoms with Crippen LogP contribution in [-0.2, 0) is 4.79 Å². The van der Waals surface area contributed by atoms with Crippen molar-refractivity contribution in [1.29, 1.82) is 0 Å². The van der Waals surface area contributed by atoms with Gasteiger partial charge in [0.05, 0.1) is 0 Å². The van der Waals surface area contributed by atoms with Gasteiger partial charge in [-0.1, -0.05) is 6.92 Å². The number of carboxylic acids is 1. The fourth-order valence-corrected chi connectivity index (χ4v) is 2.02. The van der Waals surface area contributed by atoms with Crippen LogP contribution in [-0.4, -0.2) is 29.7 Å². The summed E-state index contributed by atoms with van der Waals surface area (Å²) in [6.45, 7) is 2.60. The summed E-state index contributed by atoms with van der Waals surface area (Å²) in [6.07, 6.45) is 3.83. The summed E-state index contributed by atoms with van der Waals surface area (Å²) in [5, 5.41) is 14.0. The fourth-order valence-electron chi connectivity index (χ4n) is 2.02. The first kappa shape index (κ1) is 12.8. The minimum atomic E-state index is -0.827. The molecule has 3 N–H and O–H groups in total. The van der Waals surface area contributed by atoms with Crippen LogP contribution >= 0.6 is 0 Å². The van der Waals surface area contributed by atoms with Crippen molar-refractivity contribution in [3.8, 4) is 0 Å². The molecule has 1 aliphatic rings. The van der Waals surface area contributed by atoms with E-state index in [1.807, 2.05) is 0 Å². The van der Waals surface area contributed by atoms with Crippen LogP contribution in [0.5, 0.6) is 0 Å². The molecule has 0 aromatic heterocycles.